The van der Waals surface area contributed by atoms with Gasteiger partial charge in [0.25, 0.3) is 0 Å². The Balaban J connectivity index is 1.63. The lowest BCUT2D eigenvalue weighted by Crippen LogP contribution is -2.13. The van der Waals surface area contributed by atoms with Gasteiger partial charge >= 0.3 is 0 Å². The number of hydrogen-bond donors (Lipinski definition) is 2. The van der Waals surface area contributed by atoms with Gasteiger partial charge in [-0.2, -0.15) is 0 Å². The van der Waals surface area contributed by atoms with E-state index in [0.29, 0.717) is 16.4 Å². The zero-order chi connectivity index (χ0) is 21.0. The van der Waals surface area contributed by atoms with E-state index < -0.39 is 0 Å². The number of benzene rings is 2. The molecule has 0 fully saturated rings. The predicted octanol–water partition coefficient (Wildman–Crippen LogP) is 5.22. The highest BCUT2D eigenvalue weighted by atomic mass is 32.2. The van der Waals surface area contributed by atoms with Crippen molar-refractivity contribution in [1.29, 1.82) is 0 Å². The highest BCUT2D eigenvalue weighted by molar-refractivity contribution is 8.02. The summed E-state index contributed by atoms with van der Waals surface area (Å²) in [6, 6.07) is 13.0. The molecule has 0 saturated carbocycles. The van der Waals surface area contributed by atoms with Crippen molar-refractivity contribution in [3.8, 4) is 0 Å². The van der Waals surface area contributed by atoms with E-state index in [4.69, 9.17) is 0 Å². The van der Waals surface area contributed by atoms with E-state index >= 15 is 0 Å². The van der Waals surface area contributed by atoms with E-state index in [1.54, 1.807) is 24.3 Å². The molecule has 2 aromatic carbocycles. The van der Waals surface area contributed by atoms with Crippen LogP contribution in [0.5, 0.6) is 0 Å². The van der Waals surface area contributed by atoms with Gasteiger partial charge in [0.15, 0.2) is 10.1 Å². The summed E-state index contributed by atoms with van der Waals surface area (Å²) >= 11 is 2.81. The zero-order valence-corrected chi connectivity index (χ0v) is 18.3. The average molecular weight is 427 g/mol. The lowest BCUT2D eigenvalue weighted by atomic mass is 10.1. The second-order valence-corrected chi connectivity index (χ2v) is 9.19. The Labute approximate surface area is 178 Å². The number of Topliss-reactive ketones (excluding diaryl/α,β-unsaturated/α-hetero) is 1. The minimum atomic E-state index is -0.303. The van der Waals surface area contributed by atoms with Crippen molar-refractivity contribution in [2.24, 2.45) is 0 Å². The summed E-state index contributed by atoms with van der Waals surface area (Å²) in [7, 11) is 0. The minimum Gasteiger partial charge on any atom is -0.330 e. The van der Waals surface area contributed by atoms with Gasteiger partial charge in [0.1, 0.15) is 0 Å². The van der Waals surface area contributed by atoms with Crippen molar-refractivity contribution in [3.63, 3.8) is 0 Å². The molecule has 0 saturated heterocycles. The van der Waals surface area contributed by atoms with Crippen LogP contribution in [0, 0.1) is 13.8 Å². The summed E-state index contributed by atoms with van der Waals surface area (Å²) in [4.78, 5) is 23.8. The fraction of sp³-hybridized carbons (Fsp3) is 0.238. The van der Waals surface area contributed by atoms with E-state index in [-0.39, 0.29) is 16.9 Å². The molecule has 1 unspecified atom stereocenters. The molecule has 3 rings (SSSR count). The average Bonchev–Trinajstić information content (AvgIpc) is 3.12. The molecule has 0 aliphatic carbocycles. The molecule has 0 aliphatic heterocycles. The summed E-state index contributed by atoms with van der Waals surface area (Å²) in [5.41, 5.74) is 4.64. The highest BCUT2D eigenvalue weighted by Crippen LogP contribution is 2.32. The van der Waals surface area contributed by atoms with Crippen molar-refractivity contribution >= 4 is 51.3 Å². The second kappa shape index (κ2) is 9.19. The van der Waals surface area contributed by atoms with Crippen LogP contribution in [0.25, 0.3) is 0 Å². The van der Waals surface area contributed by atoms with Gasteiger partial charge in [0.2, 0.25) is 11.0 Å². The number of carbonyl (C=O) groups is 2. The Morgan fingerprint density at radius 3 is 2.48 bits per heavy atom. The maximum absolute atomic E-state index is 12.7. The van der Waals surface area contributed by atoms with Gasteiger partial charge in [-0.3, -0.25) is 9.59 Å². The Kier molecular flexibility index (Phi) is 6.66. The molecule has 0 aliphatic rings. The Hall–Kier alpha value is -2.71. The van der Waals surface area contributed by atoms with Gasteiger partial charge in [-0.1, -0.05) is 35.2 Å². The van der Waals surface area contributed by atoms with Gasteiger partial charge in [-0.25, -0.2) is 0 Å². The van der Waals surface area contributed by atoms with E-state index in [9.17, 15) is 9.59 Å². The number of ketones is 1. The molecule has 29 heavy (non-hydrogen) atoms. The van der Waals surface area contributed by atoms with Crippen LogP contribution < -0.4 is 10.6 Å². The van der Waals surface area contributed by atoms with Crippen LogP contribution in [0.3, 0.4) is 0 Å². The molecule has 150 valence electrons. The molecular formula is C21H22N4O2S2. The number of nitrogens with one attached hydrogen (secondary N) is 2. The molecule has 2 N–H and O–H groups in total. The van der Waals surface area contributed by atoms with Crippen molar-refractivity contribution in [3.05, 3.63) is 59.2 Å². The van der Waals surface area contributed by atoms with Crippen LogP contribution in [0.2, 0.25) is 0 Å². The third-order valence-corrected chi connectivity index (χ3v) is 6.41. The van der Waals surface area contributed by atoms with E-state index in [2.05, 4.69) is 40.7 Å². The zero-order valence-electron chi connectivity index (χ0n) is 16.6. The number of aryl methyl sites for hydroxylation is 1. The molecule has 1 amide bonds. The predicted molar refractivity (Wildman–Crippen MR) is 120 cm³/mol. The molecule has 0 radical (unpaired) electrons. The summed E-state index contributed by atoms with van der Waals surface area (Å²) in [6.45, 7) is 7.43. The smallest absolute Gasteiger partial charge is 0.221 e. The van der Waals surface area contributed by atoms with Crippen LogP contribution in [-0.4, -0.2) is 27.1 Å². The molecule has 0 bridgehead atoms. The number of carbonyl (C=O) groups excluding carboxylic acids is 2. The molecule has 1 aromatic heterocycles. The summed E-state index contributed by atoms with van der Waals surface area (Å²) in [6.07, 6.45) is 0. The Morgan fingerprint density at radius 1 is 1.07 bits per heavy atom. The Morgan fingerprint density at radius 2 is 1.79 bits per heavy atom. The molecule has 6 nitrogen and oxygen atoms in total. The molecule has 1 atom stereocenters. The number of aromatic nitrogens is 2. The van der Waals surface area contributed by atoms with E-state index in [1.165, 1.54) is 41.1 Å². The molecule has 3 aromatic rings. The van der Waals surface area contributed by atoms with E-state index in [1.807, 2.05) is 19.1 Å². The highest BCUT2D eigenvalue weighted by Gasteiger charge is 2.19. The number of hydrogen-bond acceptors (Lipinski definition) is 7. The molecule has 1 heterocycles. The van der Waals surface area contributed by atoms with Crippen molar-refractivity contribution in [2.45, 2.75) is 37.3 Å². The topological polar surface area (TPSA) is 84.0 Å². The number of rotatable bonds is 7. The number of nitrogens with zero attached hydrogens (tertiary/aromatic N) is 2. The first kappa shape index (κ1) is 21.0. The monoisotopic (exact) mass is 426 g/mol. The van der Waals surface area contributed by atoms with Crippen LogP contribution in [0.1, 0.15) is 35.3 Å². The third kappa shape index (κ3) is 5.42. The normalized spacial score (nSPS) is 11.7. The molecular weight excluding hydrogens is 404 g/mol. The summed E-state index contributed by atoms with van der Waals surface area (Å²) < 4.78 is 0.730. The van der Waals surface area contributed by atoms with Crippen molar-refractivity contribution in [1.82, 2.24) is 10.2 Å². The maximum Gasteiger partial charge on any atom is 0.221 e. The fourth-order valence-corrected chi connectivity index (χ4v) is 4.66. The van der Waals surface area contributed by atoms with Crippen LogP contribution >= 0.6 is 23.1 Å². The maximum atomic E-state index is 12.7. The number of amides is 1. The van der Waals surface area contributed by atoms with Crippen LogP contribution in [0.4, 0.5) is 16.5 Å². The third-order valence-electron chi connectivity index (χ3n) is 4.39. The first-order valence-electron chi connectivity index (χ1n) is 9.08. The lowest BCUT2D eigenvalue weighted by molar-refractivity contribution is -0.114. The minimum absolute atomic E-state index is 0.00335. The van der Waals surface area contributed by atoms with E-state index in [0.717, 1.165) is 10.0 Å². The van der Waals surface area contributed by atoms with Gasteiger partial charge in [0.05, 0.1) is 5.25 Å². The summed E-state index contributed by atoms with van der Waals surface area (Å²) in [5.74, 6) is -0.141. The number of thioether (sulfide) groups is 1. The first-order chi connectivity index (χ1) is 13.8. The first-order valence-corrected chi connectivity index (χ1v) is 10.8. The lowest BCUT2D eigenvalue weighted by Gasteiger charge is -2.09. The van der Waals surface area contributed by atoms with Crippen LogP contribution in [0.15, 0.2) is 46.8 Å². The van der Waals surface area contributed by atoms with Gasteiger partial charge in [-0.15, -0.1) is 10.2 Å². The number of anilines is 3. The van der Waals surface area contributed by atoms with Gasteiger partial charge < -0.3 is 10.6 Å². The largest absolute Gasteiger partial charge is 0.330 e. The standard InChI is InChI=1S/C21H22N4O2S2/c1-12-6-5-7-18(13(12)2)23-20-24-25-21(29-20)28-14(3)19(27)16-8-10-17(11-9-16)22-15(4)26/h5-11,14H,1-4H3,(H,22,26)(H,23,24). The Bertz CT molecular complexity index is 1030. The SMILES string of the molecule is CC(=O)Nc1ccc(C(=O)C(C)Sc2nnc(Nc3cccc(C)c3C)s2)cc1. The van der Waals surface area contributed by atoms with Gasteiger partial charge in [0, 0.05) is 23.9 Å². The van der Waals surface area contributed by atoms with Crippen molar-refractivity contribution in [2.75, 3.05) is 10.6 Å². The fourth-order valence-electron chi connectivity index (χ4n) is 2.67. The van der Waals surface area contributed by atoms with Gasteiger partial charge in [-0.05, 0) is 62.2 Å². The second-order valence-electron chi connectivity index (χ2n) is 6.63. The molecule has 0 spiro atoms. The van der Waals surface area contributed by atoms with Crippen LogP contribution in [-0.2, 0) is 4.79 Å². The quantitative estimate of drug-likeness (QED) is 0.398. The molecule has 8 heteroatoms. The van der Waals surface area contributed by atoms with Crippen molar-refractivity contribution < 1.29 is 9.59 Å². The summed E-state index contributed by atoms with van der Waals surface area (Å²) in [5, 5.41) is 14.8.